The molecule has 3 aromatic rings. The van der Waals surface area contributed by atoms with Crippen molar-refractivity contribution in [1.82, 2.24) is 14.6 Å². The van der Waals surface area contributed by atoms with E-state index in [1.165, 1.54) is 0 Å². The maximum atomic E-state index is 11.1. The van der Waals surface area contributed by atoms with Crippen molar-refractivity contribution in [2.75, 3.05) is 5.32 Å². The largest absolute Gasteiger partial charge is 0.370 e. The van der Waals surface area contributed by atoms with Crippen LogP contribution in [0.3, 0.4) is 0 Å². The van der Waals surface area contributed by atoms with Gasteiger partial charge in [-0.2, -0.15) is 9.61 Å². The Hall–Kier alpha value is -2.73. The Bertz CT molecular complexity index is 1020. The molecule has 1 N–H and O–H groups in total. The molecule has 0 saturated carbocycles. The minimum Gasteiger partial charge on any atom is -0.370 e. The minimum atomic E-state index is 0.270. The predicted octanol–water partition coefficient (Wildman–Crippen LogP) is 3.68. The molecule has 0 radical (unpaired) electrons. The van der Waals surface area contributed by atoms with E-state index in [-0.39, 0.29) is 6.04 Å². The third-order valence-corrected chi connectivity index (χ3v) is 4.69. The molecule has 0 bridgehead atoms. The zero-order valence-electron chi connectivity index (χ0n) is 15.5. The number of nitrogens with one attached hydrogen (secondary N) is 1. The molecule has 0 unspecified atom stereocenters. The summed E-state index contributed by atoms with van der Waals surface area (Å²) in [5, 5.41) is 8.28. The first kappa shape index (κ1) is 16.7. The van der Waals surface area contributed by atoms with Crippen LogP contribution >= 0.6 is 0 Å². The highest BCUT2D eigenvalue weighted by atomic mass is 16.5. The normalized spacial score (nSPS) is 13.4. The van der Waals surface area contributed by atoms with E-state index in [2.05, 4.69) is 19.2 Å². The van der Waals surface area contributed by atoms with Gasteiger partial charge in [-0.3, -0.25) is 4.79 Å². The van der Waals surface area contributed by atoms with E-state index in [1.807, 2.05) is 36.6 Å². The lowest BCUT2D eigenvalue weighted by atomic mass is 9.99. The molecule has 0 spiro atoms. The average Bonchev–Trinajstić information content (AvgIpc) is 3.18. The summed E-state index contributed by atoms with van der Waals surface area (Å²) in [6.45, 7) is 9.29. The third-order valence-electron chi connectivity index (χ3n) is 4.69. The summed E-state index contributed by atoms with van der Waals surface area (Å²) < 4.78 is 7.52. The van der Waals surface area contributed by atoms with Crippen molar-refractivity contribution in [1.29, 1.82) is 0 Å². The van der Waals surface area contributed by atoms with Crippen LogP contribution in [0.25, 0.3) is 16.8 Å². The summed E-state index contributed by atoms with van der Waals surface area (Å²) in [4.78, 5) is 15.9. The molecule has 6 nitrogen and oxygen atoms in total. The van der Waals surface area contributed by atoms with Gasteiger partial charge in [0.25, 0.3) is 0 Å². The second-order valence-corrected chi connectivity index (χ2v) is 7.07. The minimum absolute atomic E-state index is 0.270. The molecule has 4 rings (SSSR count). The van der Waals surface area contributed by atoms with Crippen LogP contribution in [0.1, 0.15) is 46.7 Å². The highest BCUT2D eigenvalue weighted by molar-refractivity contribution is 5.85. The molecular formula is C20H22N4O2. The zero-order valence-corrected chi connectivity index (χ0v) is 15.5. The maximum absolute atomic E-state index is 11.1. The van der Waals surface area contributed by atoms with E-state index in [1.54, 1.807) is 0 Å². The number of fused-ring (bicyclic) bond motifs is 2. The van der Waals surface area contributed by atoms with Gasteiger partial charge < -0.3 is 10.1 Å². The van der Waals surface area contributed by atoms with Gasteiger partial charge in [0.2, 0.25) is 0 Å². The van der Waals surface area contributed by atoms with E-state index in [9.17, 15) is 4.79 Å². The fraction of sp³-hybridized carbons (Fsp3) is 0.350. The number of aromatic nitrogens is 3. The summed E-state index contributed by atoms with van der Waals surface area (Å²) in [7, 11) is 0. The molecule has 0 amide bonds. The summed E-state index contributed by atoms with van der Waals surface area (Å²) in [5.74, 6) is 0.953. The summed E-state index contributed by atoms with van der Waals surface area (Å²) in [5.41, 5.74) is 7.52. The van der Waals surface area contributed by atoms with E-state index in [0.717, 1.165) is 51.4 Å². The second-order valence-electron chi connectivity index (χ2n) is 7.07. The fourth-order valence-electron chi connectivity index (χ4n) is 3.53. The van der Waals surface area contributed by atoms with Gasteiger partial charge in [0.1, 0.15) is 12.1 Å². The lowest BCUT2D eigenvalue weighted by Crippen LogP contribution is -2.16. The smallest absolute Gasteiger partial charge is 0.165 e. The SMILES string of the molecule is Cc1cc(C=O)ccc1-c1c(C)nn2c(NC(C)C)c3c(nc12)COC3. The van der Waals surface area contributed by atoms with Gasteiger partial charge in [-0.15, -0.1) is 0 Å². The molecule has 6 heteroatoms. The van der Waals surface area contributed by atoms with E-state index in [0.29, 0.717) is 18.8 Å². The van der Waals surface area contributed by atoms with Gasteiger partial charge in [0.05, 0.1) is 24.6 Å². The highest BCUT2D eigenvalue weighted by Gasteiger charge is 2.25. The first-order valence-electron chi connectivity index (χ1n) is 8.81. The van der Waals surface area contributed by atoms with Gasteiger partial charge in [-0.1, -0.05) is 12.1 Å². The van der Waals surface area contributed by atoms with Gasteiger partial charge in [0, 0.05) is 22.7 Å². The number of hydrogen-bond acceptors (Lipinski definition) is 5. The number of benzene rings is 1. The Morgan fingerprint density at radius 3 is 2.77 bits per heavy atom. The van der Waals surface area contributed by atoms with Gasteiger partial charge >= 0.3 is 0 Å². The molecule has 1 aromatic carbocycles. The molecule has 134 valence electrons. The number of aldehydes is 1. The molecule has 26 heavy (non-hydrogen) atoms. The van der Waals surface area contributed by atoms with Crippen molar-refractivity contribution >= 4 is 17.8 Å². The summed E-state index contributed by atoms with van der Waals surface area (Å²) in [6, 6.07) is 5.98. The van der Waals surface area contributed by atoms with Gasteiger partial charge in [0.15, 0.2) is 5.65 Å². The molecular weight excluding hydrogens is 328 g/mol. The quantitative estimate of drug-likeness (QED) is 0.727. The summed E-state index contributed by atoms with van der Waals surface area (Å²) in [6.07, 6.45) is 0.868. The zero-order chi connectivity index (χ0) is 18.4. The number of aryl methyl sites for hydroxylation is 2. The number of nitrogens with zero attached hydrogens (tertiary/aromatic N) is 3. The number of rotatable bonds is 4. The third kappa shape index (κ3) is 2.57. The Morgan fingerprint density at radius 1 is 1.27 bits per heavy atom. The molecule has 1 aliphatic heterocycles. The standard InChI is InChI=1S/C20H22N4O2/c1-11(2)21-19-16-9-26-10-17(16)22-20-18(13(4)23-24(19)20)15-6-5-14(8-25)7-12(15)3/h5-8,11,21H,9-10H2,1-4H3. The van der Waals surface area contributed by atoms with Crippen LogP contribution in [0.4, 0.5) is 5.82 Å². The number of anilines is 1. The van der Waals surface area contributed by atoms with E-state index >= 15 is 0 Å². The molecule has 0 aliphatic carbocycles. The highest BCUT2D eigenvalue weighted by Crippen LogP contribution is 2.35. The number of carbonyl (C=O) groups is 1. The van der Waals surface area contributed by atoms with Crippen LogP contribution in [-0.2, 0) is 18.0 Å². The number of ether oxygens (including phenoxy) is 1. The van der Waals surface area contributed by atoms with Crippen molar-refractivity contribution in [3.63, 3.8) is 0 Å². The van der Waals surface area contributed by atoms with Crippen LogP contribution in [0.5, 0.6) is 0 Å². The number of carbonyl (C=O) groups excluding carboxylic acids is 1. The predicted molar refractivity (Wildman–Crippen MR) is 101 cm³/mol. The molecule has 1 aliphatic rings. The molecule has 0 atom stereocenters. The molecule has 3 heterocycles. The van der Waals surface area contributed by atoms with Crippen LogP contribution in [0.15, 0.2) is 18.2 Å². The molecule has 2 aromatic heterocycles. The summed E-state index contributed by atoms with van der Waals surface area (Å²) >= 11 is 0. The average molecular weight is 350 g/mol. The van der Waals surface area contributed by atoms with Crippen molar-refractivity contribution in [2.24, 2.45) is 0 Å². The lowest BCUT2D eigenvalue weighted by molar-refractivity contribution is 0.112. The van der Waals surface area contributed by atoms with E-state index in [4.69, 9.17) is 14.8 Å². The first-order chi connectivity index (χ1) is 12.5. The van der Waals surface area contributed by atoms with Crippen LogP contribution in [-0.4, -0.2) is 26.9 Å². The fourth-order valence-corrected chi connectivity index (χ4v) is 3.53. The monoisotopic (exact) mass is 350 g/mol. The molecule has 0 fully saturated rings. The van der Waals surface area contributed by atoms with E-state index < -0.39 is 0 Å². The van der Waals surface area contributed by atoms with Crippen molar-refractivity contribution in [2.45, 2.75) is 47.0 Å². The van der Waals surface area contributed by atoms with Crippen LogP contribution in [0, 0.1) is 13.8 Å². The van der Waals surface area contributed by atoms with Crippen LogP contribution in [0.2, 0.25) is 0 Å². The van der Waals surface area contributed by atoms with Crippen LogP contribution < -0.4 is 5.32 Å². The van der Waals surface area contributed by atoms with Crippen molar-refractivity contribution in [3.05, 3.63) is 46.3 Å². The van der Waals surface area contributed by atoms with Crippen molar-refractivity contribution in [3.8, 4) is 11.1 Å². The Morgan fingerprint density at radius 2 is 2.08 bits per heavy atom. The second kappa shape index (κ2) is 6.21. The Labute approximate surface area is 152 Å². The van der Waals surface area contributed by atoms with Gasteiger partial charge in [-0.25, -0.2) is 4.98 Å². The Kier molecular flexibility index (Phi) is 4.00. The van der Waals surface area contributed by atoms with Crippen molar-refractivity contribution < 1.29 is 9.53 Å². The Balaban J connectivity index is 2.00. The van der Waals surface area contributed by atoms with Gasteiger partial charge in [-0.05, 0) is 44.9 Å². The molecule has 0 saturated heterocycles. The maximum Gasteiger partial charge on any atom is 0.165 e. The first-order valence-corrected chi connectivity index (χ1v) is 8.81. The lowest BCUT2D eigenvalue weighted by Gasteiger charge is -2.15. The number of hydrogen-bond donors (Lipinski definition) is 1. The topological polar surface area (TPSA) is 68.5 Å².